The van der Waals surface area contributed by atoms with Gasteiger partial charge >= 0.3 is 6.04 Å². The molecule has 5 heteroatoms. The van der Waals surface area contributed by atoms with Gasteiger partial charge in [-0.25, -0.2) is 4.98 Å². The van der Waals surface area contributed by atoms with Gasteiger partial charge in [-0.2, -0.15) is 8.78 Å². The minimum absolute atomic E-state index is 0.217. The van der Waals surface area contributed by atoms with E-state index < -0.39 is 17.5 Å². The molecule has 0 fully saturated rings. The molecular formula is C6H4F2N2O. The summed E-state index contributed by atoms with van der Waals surface area (Å²) < 4.78 is 24.2. The first-order chi connectivity index (χ1) is 5.09. The number of carbonyl (C=O) groups is 1. The molecule has 0 atom stereocenters. The lowest BCUT2D eigenvalue weighted by molar-refractivity contribution is 0.0835. The summed E-state index contributed by atoms with van der Waals surface area (Å²) in [5.41, 5.74) is 4.61. The Kier molecular flexibility index (Phi) is 1.80. The minimum atomic E-state index is -1.72. The highest BCUT2D eigenvalue weighted by molar-refractivity contribution is 5.88. The summed E-state index contributed by atoms with van der Waals surface area (Å²) in [6.45, 7) is 0. The van der Waals surface area contributed by atoms with Crippen molar-refractivity contribution in [2.24, 2.45) is 0 Å². The third-order valence-corrected chi connectivity index (χ3v) is 1.04. The highest BCUT2D eigenvalue weighted by atomic mass is 19.1. The summed E-state index contributed by atoms with van der Waals surface area (Å²) in [5, 5.41) is 0. The number of hydrogen-bond acceptors (Lipinski definition) is 3. The molecule has 0 saturated carbocycles. The van der Waals surface area contributed by atoms with E-state index in [0.717, 1.165) is 6.07 Å². The van der Waals surface area contributed by atoms with Gasteiger partial charge in [0, 0.05) is 6.07 Å². The molecule has 0 bridgehead atoms. The third-order valence-electron chi connectivity index (χ3n) is 1.04. The summed E-state index contributed by atoms with van der Waals surface area (Å²) >= 11 is 0. The van der Waals surface area contributed by atoms with E-state index in [9.17, 15) is 13.6 Å². The maximum atomic E-state index is 12.3. The molecule has 0 aliphatic heterocycles. The molecule has 0 amide bonds. The molecule has 3 nitrogen and oxygen atoms in total. The van der Waals surface area contributed by atoms with Crippen LogP contribution < -0.4 is 5.73 Å². The summed E-state index contributed by atoms with van der Waals surface area (Å²) in [5.74, 6) is -1.18. The fourth-order valence-electron chi connectivity index (χ4n) is 0.631. The second-order valence-electron chi connectivity index (χ2n) is 1.88. The van der Waals surface area contributed by atoms with Crippen LogP contribution in [0.1, 0.15) is 10.4 Å². The Morgan fingerprint density at radius 1 is 1.55 bits per heavy atom. The lowest BCUT2D eigenvalue weighted by atomic mass is 10.3. The molecule has 0 spiro atoms. The number of rotatable bonds is 1. The number of aromatic nitrogens is 1. The highest BCUT2D eigenvalue weighted by Crippen LogP contribution is 2.07. The van der Waals surface area contributed by atoms with E-state index in [4.69, 9.17) is 5.73 Å². The van der Waals surface area contributed by atoms with Crippen molar-refractivity contribution in [2.45, 2.75) is 0 Å². The predicted octanol–water partition coefficient (Wildman–Crippen LogP) is 0.913. The summed E-state index contributed by atoms with van der Waals surface area (Å²) in [4.78, 5) is 13.1. The monoisotopic (exact) mass is 158 g/mol. The van der Waals surface area contributed by atoms with Gasteiger partial charge in [0.25, 0.3) is 0 Å². The van der Waals surface area contributed by atoms with E-state index in [1.54, 1.807) is 0 Å². The van der Waals surface area contributed by atoms with Crippen LogP contribution >= 0.6 is 0 Å². The quantitative estimate of drug-likeness (QED) is 0.488. The zero-order valence-corrected chi connectivity index (χ0v) is 5.34. The molecule has 1 aromatic heterocycles. The lowest BCUT2D eigenvalue weighted by Crippen LogP contribution is -1.98. The first-order valence-corrected chi connectivity index (χ1v) is 2.72. The SMILES string of the molecule is Nc1cc(C(=O)F)cc(F)n1. The van der Waals surface area contributed by atoms with Crippen LogP contribution in [0.25, 0.3) is 0 Å². The number of nitrogens with two attached hydrogens (primary N) is 1. The maximum Gasteiger partial charge on any atom is 0.332 e. The van der Waals surface area contributed by atoms with Crippen molar-refractivity contribution < 1.29 is 13.6 Å². The van der Waals surface area contributed by atoms with Gasteiger partial charge in [0.1, 0.15) is 5.82 Å². The number of carbonyl (C=O) groups excluding carboxylic acids is 1. The topological polar surface area (TPSA) is 56.0 Å². The average molecular weight is 158 g/mol. The van der Waals surface area contributed by atoms with Gasteiger partial charge < -0.3 is 5.73 Å². The molecule has 0 saturated heterocycles. The summed E-state index contributed by atoms with van der Waals surface area (Å²) in [6, 6.07) is -0.0811. The van der Waals surface area contributed by atoms with Crippen LogP contribution in [0.15, 0.2) is 12.1 Å². The van der Waals surface area contributed by atoms with Crippen molar-refractivity contribution in [2.75, 3.05) is 5.73 Å². The fraction of sp³-hybridized carbons (Fsp3) is 0. The molecule has 2 N–H and O–H groups in total. The summed E-state index contributed by atoms with van der Waals surface area (Å²) in [7, 11) is 0. The van der Waals surface area contributed by atoms with Crippen LogP contribution in [0.2, 0.25) is 0 Å². The number of nitrogen functional groups attached to an aromatic ring is 1. The highest BCUT2D eigenvalue weighted by Gasteiger charge is 2.06. The van der Waals surface area contributed by atoms with E-state index in [-0.39, 0.29) is 5.82 Å². The molecule has 0 radical (unpaired) electrons. The van der Waals surface area contributed by atoms with Crippen molar-refractivity contribution in [3.63, 3.8) is 0 Å². The molecule has 1 rings (SSSR count). The lowest BCUT2D eigenvalue weighted by Gasteiger charge is -1.94. The van der Waals surface area contributed by atoms with Crippen molar-refractivity contribution in [3.8, 4) is 0 Å². The molecule has 0 unspecified atom stereocenters. The molecular weight excluding hydrogens is 154 g/mol. The molecule has 0 aliphatic carbocycles. The van der Waals surface area contributed by atoms with Crippen LogP contribution in [-0.2, 0) is 0 Å². The Balaban J connectivity index is 3.19. The Labute approximate surface area is 60.8 Å². The molecule has 1 aromatic rings. The molecule has 0 aromatic carbocycles. The standard InChI is InChI=1S/C6H4F2N2O/c7-4-1-3(6(8)11)2-5(9)10-4/h1-2H,(H2,9,10). The van der Waals surface area contributed by atoms with Gasteiger partial charge in [-0.3, -0.25) is 4.79 Å². The third kappa shape index (κ3) is 1.70. The van der Waals surface area contributed by atoms with E-state index in [1.807, 2.05) is 0 Å². The second kappa shape index (κ2) is 2.61. The first kappa shape index (κ1) is 7.59. The van der Waals surface area contributed by atoms with Gasteiger partial charge in [0.05, 0.1) is 5.56 Å². The van der Waals surface area contributed by atoms with E-state index in [1.165, 1.54) is 0 Å². The van der Waals surface area contributed by atoms with Gasteiger partial charge in [0.15, 0.2) is 0 Å². The number of hydrogen-bond donors (Lipinski definition) is 1. The predicted molar refractivity (Wildman–Crippen MR) is 34.0 cm³/mol. The van der Waals surface area contributed by atoms with Crippen molar-refractivity contribution >= 4 is 11.9 Å². The average Bonchev–Trinajstić information content (AvgIpc) is 1.85. The normalized spacial score (nSPS) is 9.64. The van der Waals surface area contributed by atoms with Crippen LogP contribution in [0, 0.1) is 5.95 Å². The molecule has 1 heterocycles. The first-order valence-electron chi connectivity index (χ1n) is 2.72. The Morgan fingerprint density at radius 3 is 2.64 bits per heavy atom. The van der Waals surface area contributed by atoms with Crippen LogP contribution in [0.3, 0.4) is 0 Å². The maximum absolute atomic E-state index is 12.3. The minimum Gasteiger partial charge on any atom is -0.384 e. The smallest absolute Gasteiger partial charge is 0.332 e. The van der Waals surface area contributed by atoms with Gasteiger partial charge in [-0.15, -0.1) is 0 Å². The number of nitrogens with zero attached hydrogens (tertiary/aromatic N) is 1. The van der Waals surface area contributed by atoms with E-state index >= 15 is 0 Å². The number of pyridine rings is 1. The van der Waals surface area contributed by atoms with Gasteiger partial charge in [0.2, 0.25) is 5.95 Å². The van der Waals surface area contributed by atoms with Crippen molar-refractivity contribution in [3.05, 3.63) is 23.6 Å². The Bertz CT molecular complexity index is 280. The number of anilines is 1. The van der Waals surface area contributed by atoms with Crippen LogP contribution in [0.5, 0.6) is 0 Å². The molecule has 11 heavy (non-hydrogen) atoms. The Morgan fingerprint density at radius 2 is 2.18 bits per heavy atom. The van der Waals surface area contributed by atoms with Crippen LogP contribution in [-0.4, -0.2) is 11.0 Å². The largest absolute Gasteiger partial charge is 0.384 e. The van der Waals surface area contributed by atoms with E-state index in [2.05, 4.69) is 4.98 Å². The van der Waals surface area contributed by atoms with E-state index in [0.29, 0.717) is 6.07 Å². The van der Waals surface area contributed by atoms with Crippen LogP contribution in [0.4, 0.5) is 14.6 Å². The second-order valence-corrected chi connectivity index (χ2v) is 1.88. The summed E-state index contributed by atoms with van der Waals surface area (Å²) in [6.07, 6.45) is 0. The molecule has 0 aliphatic rings. The van der Waals surface area contributed by atoms with Crippen molar-refractivity contribution in [1.82, 2.24) is 4.98 Å². The molecule has 58 valence electrons. The number of halogens is 2. The zero-order valence-electron chi connectivity index (χ0n) is 5.34. The Hall–Kier alpha value is -1.52. The van der Waals surface area contributed by atoms with Gasteiger partial charge in [-0.05, 0) is 6.07 Å². The van der Waals surface area contributed by atoms with Crippen molar-refractivity contribution in [1.29, 1.82) is 0 Å². The van der Waals surface area contributed by atoms with Gasteiger partial charge in [-0.1, -0.05) is 0 Å². The zero-order chi connectivity index (χ0) is 8.43. The fourth-order valence-corrected chi connectivity index (χ4v) is 0.631.